The fourth-order valence-electron chi connectivity index (χ4n) is 1.36. The van der Waals surface area contributed by atoms with Gasteiger partial charge in [-0.05, 0) is 30.2 Å². The molecule has 0 radical (unpaired) electrons. The molecule has 0 saturated carbocycles. The van der Waals surface area contributed by atoms with E-state index in [1.165, 1.54) is 10.5 Å². The summed E-state index contributed by atoms with van der Waals surface area (Å²) in [5, 5.41) is 0. The van der Waals surface area contributed by atoms with Gasteiger partial charge < -0.3 is 10.5 Å². The highest BCUT2D eigenvalue weighted by molar-refractivity contribution is 7.99. The number of ether oxygens (including phenoxy) is 1. The third kappa shape index (κ3) is 1.67. The summed E-state index contributed by atoms with van der Waals surface area (Å²) in [6.07, 6.45) is 0. The standard InChI is InChI=1S/C10H13NOS/c1-7(5-11)8-2-3-9-10(4-8)13-6-12-9/h2-4,7H,5-6,11H2,1H3. The second-order valence-electron chi connectivity index (χ2n) is 3.25. The number of rotatable bonds is 2. The van der Waals surface area contributed by atoms with E-state index in [-0.39, 0.29) is 0 Å². The van der Waals surface area contributed by atoms with Crippen LogP contribution in [0.25, 0.3) is 0 Å². The Kier molecular flexibility index (Phi) is 2.47. The van der Waals surface area contributed by atoms with Crippen LogP contribution >= 0.6 is 11.8 Å². The summed E-state index contributed by atoms with van der Waals surface area (Å²) in [6.45, 7) is 2.84. The average molecular weight is 195 g/mol. The normalized spacial score (nSPS) is 16.5. The van der Waals surface area contributed by atoms with Crippen molar-refractivity contribution in [3.8, 4) is 5.75 Å². The van der Waals surface area contributed by atoms with Gasteiger partial charge in [0.05, 0.1) is 4.90 Å². The lowest BCUT2D eigenvalue weighted by Gasteiger charge is -2.09. The summed E-state index contributed by atoms with van der Waals surface area (Å²) >= 11 is 1.75. The first-order valence-electron chi connectivity index (χ1n) is 4.41. The minimum atomic E-state index is 0.437. The van der Waals surface area contributed by atoms with Gasteiger partial charge in [-0.25, -0.2) is 0 Å². The Morgan fingerprint density at radius 2 is 2.46 bits per heavy atom. The largest absolute Gasteiger partial charge is 0.481 e. The first-order valence-corrected chi connectivity index (χ1v) is 5.39. The maximum atomic E-state index is 5.61. The topological polar surface area (TPSA) is 35.2 Å². The summed E-state index contributed by atoms with van der Waals surface area (Å²) in [5.41, 5.74) is 6.92. The van der Waals surface area contributed by atoms with Crippen LogP contribution < -0.4 is 10.5 Å². The molecule has 1 aliphatic heterocycles. The van der Waals surface area contributed by atoms with Crippen LogP contribution in [0.1, 0.15) is 18.4 Å². The van der Waals surface area contributed by atoms with Gasteiger partial charge in [-0.15, -0.1) is 0 Å². The van der Waals surface area contributed by atoms with E-state index in [4.69, 9.17) is 10.5 Å². The third-order valence-corrected chi connectivity index (χ3v) is 3.18. The second kappa shape index (κ2) is 3.60. The summed E-state index contributed by atoms with van der Waals surface area (Å²) in [5.74, 6) is 2.19. The molecular weight excluding hydrogens is 182 g/mol. The van der Waals surface area contributed by atoms with E-state index >= 15 is 0 Å². The molecule has 2 rings (SSSR count). The van der Waals surface area contributed by atoms with Gasteiger partial charge in [-0.1, -0.05) is 24.8 Å². The number of benzene rings is 1. The van der Waals surface area contributed by atoms with Gasteiger partial charge in [0.2, 0.25) is 0 Å². The van der Waals surface area contributed by atoms with E-state index in [1.807, 2.05) is 6.07 Å². The zero-order chi connectivity index (χ0) is 9.26. The Labute approximate surface area is 82.5 Å². The third-order valence-electron chi connectivity index (χ3n) is 2.32. The fraction of sp³-hybridized carbons (Fsp3) is 0.400. The van der Waals surface area contributed by atoms with Crippen LogP contribution in [-0.2, 0) is 0 Å². The number of hydrogen-bond acceptors (Lipinski definition) is 3. The first kappa shape index (κ1) is 8.91. The summed E-state index contributed by atoms with van der Waals surface area (Å²) < 4.78 is 5.40. The van der Waals surface area contributed by atoms with E-state index in [2.05, 4.69) is 19.1 Å². The number of fused-ring (bicyclic) bond motifs is 1. The summed E-state index contributed by atoms with van der Waals surface area (Å²) in [7, 11) is 0. The maximum absolute atomic E-state index is 5.61. The smallest absolute Gasteiger partial charge is 0.138 e. The van der Waals surface area contributed by atoms with Crippen LogP contribution in [0.2, 0.25) is 0 Å². The average Bonchev–Trinajstić information content (AvgIpc) is 2.63. The van der Waals surface area contributed by atoms with Crippen LogP contribution in [0.3, 0.4) is 0 Å². The van der Waals surface area contributed by atoms with Gasteiger partial charge in [-0.2, -0.15) is 0 Å². The van der Waals surface area contributed by atoms with E-state index in [1.54, 1.807) is 11.8 Å². The molecular formula is C10H13NOS. The van der Waals surface area contributed by atoms with Crippen molar-refractivity contribution in [3.63, 3.8) is 0 Å². The van der Waals surface area contributed by atoms with Crippen molar-refractivity contribution in [2.75, 3.05) is 12.5 Å². The van der Waals surface area contributed by atoms with Gasteiger partial charge in [0, 0.05) is 0 Å². The van der Waals surface area contributed by atoms with E-state index in [9.17, 15) is 0 Å². The monoisotopic (exact) mass is 195 g/mol. The Bertz CT molecular complexity index is 314. The molecule has 1 unspecified atom stereocenters. The van der Waals surface area contributed by atoms with Gasteiger partial charge in [-0.3, -0.25) is 0 Å². The van der Waals surface area contributed by atoms with Crippen molar-refractivity contribution >= 4 is 11.8 Å². The van der Waals surface area contributed by atoms with Crippen LogP contribution in [0.15, 0.2) is 23.1 Å². The molecule has 3 heteroatoms. The first-order chi connectivity index (χ1) is 6.31. The van der Waals surface area contributed by atoms with Crippen molar-refractivity contribution in [1.82, 2.24) is 0 Å². The molecule has 1 heterocycles. The molecule has 13 heavy (non-hydrogen) atoms. The lowest BCUT2D eigenvalue weighted by atomic mass is 10.0. The van der Waals surface area contributed by atoms with Crippen LogP contribution in [0.4, 0.5) is 0 Å². The lowest BCUT2D eigenvalue weighted by molar-refractivity contribution is 0.397. The molecule has 1 atom stereocenters. The Morgan fingerprint density at radius 1 is 1.62 bits per heavy atom. The number of hydrogen-bond donors (Lipinski definition) is 1. The minimum Gasteiger partial charge on any atom is -0.481 e. The zero-order valence-corrected chi connectivity index (χ0v) is 8.43. The van der Waals surface area contributed by atoms with Crippen molar-refractivity contribution < 1.29 is 4.74 Å². The lowest BCUT2D eigenvalue weighted by Crippen LogP contribution is -2.08. The summed E-state index contributed by atoms with van der Waals surface area (Å²) in [6, 6.07) is 6.32. The van der Waals surface area contributed by atoms with Crippen molar-refractivity contribution in [2.45, 2.75) is 17.7 Å². The molecule has 0 bridgehead atoms. The molecule has 0 aromatic heterocycles. The van der Waals surface area contributed by atoms with E-state index < -0.39 is 0 Å². The molecule has 0 aliphatic carbocycles. The SMILES string of the molecule is CC(CN)c1ccc2c(c1)SCO2. The highest BCUT2D eigenvalue weighted by Crippen LogP contribution is 2.37. The maximum Gasteiger partial charge on any atom is 0.138 e. The van der Waals surface area contributed by atoms with Crippen molar-refractivity contribution in [2.24, 2.45) is 5.73 Å². The van der Waals surface area contributed by atoms with Crippen LogP contribution in [0.5, 0.6) is 5.75 Å². The predicted octanol–water partition coefficient (Wildman–Crippen LogP) is 2.19. The molecule has 0 spiro atoms. The highest BCUT2D eigenvalue weighted by atomic mass is 32.2. The summed E-state index contributed by atoms with van der Waals surface area (Å²) in [4.78, 5) is 1.25. The minimum absolute atomic E-state index is 0.437. The molecule has 1 aromatic rings. The molecule has 1 aliphatic rings. The molecule has 0 amide bonds. The molecule has 0 fully saturated rings. The van der Waals surface area contributed by atoms with Crippen LogP contribution in [0, 0.1) is 0 Å². The molecule has 2 nitrogen and oxygen atoms in total. The molecule has 0 saturated heterocycles. The molecule has 70 valence electrons. The second-order valence-corrected chi connectivity index (χ2v) is 4.21. The zero-order valence-electron chi connectivity index (χ0n) is 7.62. The van der Waals surface area contributed by atoms with Crippen molar-refractivity contribution in [1.29, 1.82) is 0 Å². The van der Waals surface area contributed by atoms with Gasteiger partial charge in [0.1, 0.15) is 11.7 Å². The van der Waals surface area contributed by atoms with E-state index in [0.29, 0.717) is 12.5 Å². The Balaban J connectivity index is 2.30. The van der Waals surface area contributed by atoms with Gasteiger partial charge >= 0.3 is 0 Å². The molecule has 1 aromatic carbocycles. The highest BCUT2D eigenvalue weighted by Gasteiger charge is 2.14. The number of nitrogens with two attached hydrogens (primary N) is 1. The van der Waals surface area contributed by atoms with Gasteiger partial charge in [0.25, 0.3) is 0 Å². The van der Waals surface area contributed by atoms with Crippen LogP contribution in [-0.4, -0.2) is 12.5 Å². The van der Waals surface area contributed by atoms with Gasteiger partial charge in [0.15, 0.2) is 0 Å². The van der Waals surface area contributed by atoms with Crippen molar-refractivity contribution in [3.05, 3.63) is 23.8 Å². The molecule has 2 N–H and O–H groups in total. The van der Waals surface area contributed by atoms with E-state index in [0.717, 1.165) is 11.7 Å². The fourth-order valence-corrected chi connectivity index (χ4v) is 2.16. The quantitative estimate of drug-likeness (QED) is 0.785. The Morgan fingerprint density at radius 3 is 3.23 bits per heavy atom. The predicted molar refractivity (Wildman–Crippen MR) is 55.3 cm³/mol. The Hall–Kier alpha value is -0.670. The number of thioether (sulfide) groups is 1.